The SMILES string of the molecule is Cc1ccc(N2C(=O)C3Sc4c(sc(=O)n4CC(=O)Nc4ccc5ccccc5c4)C(c4ccc(C(C)(C)C)cc4)C3C2=O)cc1. The second-order valence-electron chi connectivity index (χ2n) is 13.0. The highest BCUT2D eigenvalue weighted by atomic mass is 32.2. The maximum absolute atomic E-state index is 14.2. The number of carbonyl (C=O) groups excluding carboxylic acids is 3. The molecule has 3 amide bonds. The second kappa shape index (κ2) is 11.4. The fourth-order valence-electron chi connectivity index (χ4n) is 6.36. The Morgan fingerprint density at radius 2 is 1.54 bits per heavy atom. The Morgan fingerprint density at radius 1 is 0.848 bits per heavy atom. The van der Waals surface area contributed by atoms with Crippen LogP contribution in [0, 0.1) is 12.8 Å². The number of imide groups is 1. The van der Waals surface area contributed by atoms with Gasteiger partial charge in [0, 0.05) is 16.5 Å². The van der Waals surface area contributed by atoms with E-state index in [0.717, 1.165) is 38.8 Å². The van der Waals surface area contributed by atoms with E-state index in [0.29, 0.717) is 21.3 Å². The number of nitrogens with zero attached hydrogens (tertiary/aromatic N) is 2. The molecule has 1 fully saturated rings. The van der Waals surface area contributed by atoms with Crippen molar-refractivity contribution in [3.8, 4) is 0 Å². The number of rotatable bonds is 5. The number of thioether (sulfide) groups is 1. The highest BCUT2D eigenvalue weighted by Gasteiger charge is 2.56. The Balaban J connectivity index is 1.27. The van der Waals surface area contributed by atoms with Gasteiger partial charge in [0.2, 0.25) is 17.7 Å². The van der Waals surface area contributed by atoms with E-state index in [1.54, 1.807) is 12.1 Å². The van der Waals surface area contributed by atoms with E-state index in [4.69, 9.17) is 0 Å². The van der Waals surface area contributed by atoms with Gasteiger partial charge in [0.05, 0.1) is 16.6 Å². The van der Waals surface area contributed by atoms with Crippen molar-refractivity contribution in [3.63, 3.8) is 0 Å². The molecule has 4 aromatic carbocycles. The number of fused-ring (bicyclic) bond motifs is 3. The van der Waals surface area contributed by atoms with Crippen LogP contribution in [0.2, 0.25) is 0 Å². The normalized spacial score (nSPS) is 19.3. The number of benzene rings is 4. The largest absolute Gasteiger partial charge is 0.325 e. The Labute approximate surface area is 275 Å². The van der Waals surface area contributed by atoms with Crippen LogP contribution >= 0.6 is 23.1 Å². The highest BCUT2D eigenvalue weighted by Crippen LogP contribution is 2.54. The molecule has 46 heavy (non-hydrogen) atoms. The van der Waals surface area contributed by atoms with Crippen LogP contribution in [-0.4, -0.2) is 27.5 Å². The molecule has 0 bridgehead atoms. The minimum Gasteiger partial charge on any atom is -0.325 e. The monoisotopic (exact) mass is 647 g/mol. The first-order valence-corrected chi connectivity index (χ1v) is 16.9. The van der Waals surface area contributed by atoms with E-state index in [-0.39, 0.29) is 34.6 Å². The van der Waals surface area contributed by atoms with Crippen molar-refractivity contribution in [1.82, 2.24) is 4.57 Å². The molecule has 0 aliphatic carbocycles. The molecule has 2 aliphatic rings. The first kappa shape index (κ1) is 30.2. The number of hydrogen-bond acceptors (Lipinski definition) is 6. The van der Waals surface area contributed by atoms with Crippen LogP contribution in [0.1, 0.15) is 48.3 Å². The molecule has 0 radical (unpaired) electrons. The Morgan fingerprint density at radius 3 is 2.24 bits per heavy atom. The number of carbonyl (C=O) groups is 3. The summed E-state index contributed by atoms with van der Waals surface area (Å²) < 4.78 is 1.46. The van der Waals surface area contributed by atoms with Crippen molar-refractivity contribution < 1.29 is 14.4 Å². The van der Waals surface area contributed by atoms with Gasteiger partial charge in [0.25, 0.3) is 0 Å². The lowest BCUT2D eigenvalue weighted by Crippen LogP contribution is -2.33. The van der Waals surface area contributed by atoms with Crippen LogP contribution in [0.3, 0.4) is 0 Å². The molecule has 9 heteroatoms. The molecule has 7 nitrogen and oxygen atoms in total. The van der Waals surface area contributed by atoms with E-state index in [2.05, 4.69) is 38.2 Å². The molecular weight excluding hydrogens is 615 g/mol. The summed E-state index contributed by atoms with van der Waals surface area (Å²) >= 11 is 2.28. The minimum atomic E-state index is -0.739. The average molecular weight is 648 g/mol. The number of anilines is 2. The first-order valence-electron chi connectivity index (χ1n) is 15.2. The molecule has 232 valence electrons. The van der Waals surface area contributed by atoms with Crippen LogP contribution in [-0.2, 0) is 26.3 Å². The molecule has 1 aromatic heterocycles. The Kier molecular flexibility index (Phi) is 7.48. The van der Waals surface area contributed by atoms with Gasteiger partial charge in [-0.1, -0.05) is 116 Å². The summed E-state index contributed by atoms with van der Waals surface area (Å²) in [6.45, 7) is 8.17. The summed E-state index contributed by atoms with van der Waals surface area (Å²) in [6.07, 6.45) is 0. The van der Waals surface area contributed by atoms with Crippen LogP contribution in [0.25, 0.3) is 10.8 Å². The van der Waals surface area contributed by atoms with Gasteiger partial charge in [-0.3, -0.25) is 23.7 Å². The molecule has 1 N–H and O–H groups in total. The number of thiazole rings is 1. The summed E-state index contributed by atoms with van der Waals surface area (Å²) in [6, 6.07) is 29.1. The standard InChI is InChI=1S/C37H33N3O4S2/c1-21-9-17-27(18-10-21)40-33(42)30-29(23-11-14-25(15-12-23)37(2,3)4)32-35(45-31(30)34(40)43)39(36(44)46-32)20-28(41)38-26-16-13-22-7-5-6-8-24(22)19-26/h5-19,29-31H,20H2,1-4H3,(H,38,41). The minimum absolute atomic E-state index is 0.0669. The highest BCUT2D eigenvalue weighted by molar-refractivity contribution is 8.00. The molecular formula is C37H33N3O4S2. The van der Waals surface area contributed by atoms with Crippen LogP contribution in [0.4, 0.5) is 11.4 Å². The van der Waals surface area contributed by atoms with Gasteiger partial charge in [-0.2, -0.15) is 0 Å². The summed E-state index contributed by atoms with van der Waals surface area (Å²) in [5.74, 6) is -2.13. The third-order valence-corrected chi connectivity index (χ3v) is 11.4. The average Bonchev–Trinajstić information content (AvgIpc) is 3.47. The number of hydrogen-bond donors (Lipinski definition) is 1. The van der Waals surface area contributed by atoms with E-state index < -0.39 is 17.1 Å². The van der Waals surface area contributed by atoms with Crippen molar-refractivity contribution in [2.45, 2.75) is 55.8 Å². The second-order valence-corrected chi connectivity index (χ2v) is 15.1. The zero-order chi connectivity index (χ0) is 32.3. The molecule has 3 heterocycles. The lowest BCUT2D eigenvalue weighted by Gasteiger charge is -2.31. The van der Waals surface area contributed by atoms with Crippen LogP contribution in [0.15, 0.2) is 101 Å². The third-order valence-electron chi connectivity index (χ3n) is 8.81. The molecule has 7 rings (SSSR count). The van der Waals surface area contributed by atoms with Gasteiger partial charge >= 0.3 is 4.87 Å². The Hall–Kier alpha value is -4.47. The summed E-state index contributed by atoms with van der Waals surface area (Å²) in [4.78, 5) is 56.8. The van der Waals surface area contributed by atoms with E-state index in [9.17, 15) is 19.2 Å². The lowest BCUT2D eigenvalue weighted by molar-refractivity contribution is -0.122. The zero-order valence-electron chi connectivity index (χ0n) is 25.9. The summed E-state index contributed by atoms with van der Waals surface area (Å²) in [7, 11) is 0. The molecule has 3 atom stereocenters. The van der Waals surface area contributed by atoms with Crippen LogP contribution in [0.5, 0.6) is 0 Å². The van der Waals surface area contributed by atoms with Crippen molar-refractivity contribution in [3.05, 3.63) is 122 Å². The van der Waals surface area contributed by atoms with Gasteiger partial charge in [-0.25, -0.2) is 4.90 Å². The van der Waals surface area contributed by atoms with Crippen LogP contribution < -0.4 is 15.1 Å². The zero-order valence-corrected chi connectivity index (χ0v) is 27.6. The maximum Gasteiger partial charge on any atom is 0.308 e. The van der Waals surface area contributed by atoms with Gasteiger partial charge < -0.3 is 5.32 Å². The van der Waals surface area contributed by atoms with Gasteiger partial charge in [-0.05, 0) is 58.5 Å². The Bertz CT molecular complexity index is 2070. The maximum atomic E-state index is 14.2. The predicted molar refractivity (Wildman–Crippen MR) is 185 cm³/mol. The van der Waals surface area contributed by atoms with E-state index in [1.807, 2.05) is 73.7 Å². The van der Waals surface area contributed by atoms with Crippen molar-refractivity contribution in [2.24, 2.45) is 5.92 Å². The quantitative estimate of drug-likeness (QED) is 0.206. The smallest absolute Gasteiger partial charge is 0.308 e. The molecule has 0 saturated carbocycles. The summed E-state index contributed by atoms with van der Waals surface area (Å²) in [5.41, 5.74) is 4.14. The summed E-state index contributed by atoms with van der Waals surface area (Å²) in [5, 5.41) is 4.82. The van der Waals surface area contributed by atoms with E-state index >= 15 is 0 Å². The topological polar surface area (TPSA) is 88.5 Å². The first-order chi connectivity index (χ1) is 22.0. The fraction of sp³-hybridized carbons (Fsp3) is 0.243. The fourth-order valence-corrected chi connectivity index (χ4v) is 9.14. The predicted octanol–water partition coefficient (Wildman–Crippen LogP) is 7.10. The lowest BCUT2D eigenvalue weighted by atomic mass is 9.81. The number of aryl methyl sites for hydroxylation is 1. The van der Waals surface area contributed by atoms with E-state index in [1.165, 1.54) is 21.2 Å². The van der Waals surface area contributed by atoms with Crippen molar-refractivity contribution in [2.75, 3.05) is 10.2 Å². The van der Waals surface area contributed by atoms with Gasteiger partial charge in [-0.15, -0.1) is 0 Å². The van der Waals surface area contributed by atoms with Gasteiger partial charge in [0.1, 0.15) is 11.8 Å². The molecule has 2 aliphatic heterocycles. The molecule has 5 aromatic rings. The van der Waals surface area contributed by atoms with Crippen molar-refractivity contribution in [1.29, 1.82) is 0 Å². The number of amides is 3. The van der Waals surface area contributed by atoms with Crippen molar-refractivity contribution >= 4 is 63.0 Å². The molecule has 3 unspecified atom stereocenters. The third kappa shape index (κ3) is 5.27. The number of nitrogens with one attached hydrogen (secondary N) is 1. The molecule has 0 spiro atoms. The van der Waals surface area contributed by atoms with Gasteiger partial charge in [0.15, 0.2) is 0 Å². The molecule has 1 saturated heterocycles. The number of aromatic nitrogens is 1.